The third-order valence-corrected chi connectivity index (χ3v) is 7.12. The highest BCUT2D eigenvalue weighted by molar-refractivity contribution is 5.94. The van der Waals surface area contributed by atoms with Crippen molar-refractivity contribution in [3.05, 3.63) is 58.0 Å². The Bertz CT molecular complexity index is 1220. The molecule has 2 aliphatic rings. The maximum atomic E-state index is 13.2. The van der Waals surface area contributed by atoms with Gasteiger partial charge in [0.05, 0.1) is 5.54 Å². The number of amides is 1. The van der Waals surface area contributed by atoms with Crippen molar-refractivity contribution in [2.75, 3.05) is 6.54 Å². The topological polar surface area (TPSA) is 73.0 Å². The molecule has 4 heterocycles. The number of aromatic nitrogens is 4. The highest BCUT2D eigenvalue weighted by atomic mass is 16.2. The summed E-state index contributed by atoms with van der Waals surface area (Å²) in [4.78, 5) is 37.0. The summed E-state index contributed by atoms with van der Waals surface area (Å²) in [7, 11) is 0. The van der Waals surface area contributed by atoms with Gasteiger partial charge in [-0.15, -0.1) is 0 Å². The van der Waals surface area contributed by atoms with Gasteiger partial charge in [-0.05, 0) is 51.8 Å². The number of pyridine rings is 1. The van der Waals surface area contributed by atoms with Crippen LogP contribution in [0.25, 0.3) is 11.0 Å². The molecular weight excluding hydrogens is 390 g/mol. The number of hydrogen-bond donors (Lipinski definition) is 0. The van der Waals surface area contributed by atoms with E-state index in [0.717, 1.165) is 42.5 Å². The van der Waals surface area contributed by atoms with Crippen molar-refractivity contribution < 1.29 is 4.79 Å². The van der Waals surface area contributed by atoms with Crippen molar-refractivity contribution >= 4 is 16.9 Å². The first-order valence-electron chi connectivity index (χ1n) is 11.3. The Morgan fingerprint density at radius 3 is 2.65 bits per heavy atom. The summed E-state index contributed by atoms with van der Waals surface area (Å²) in [5.74, 6) is 0.662. The number of hydrogen-bond acceptors (Lipinski definition) is 4. The van der Waals surface area contributed by atoms with Crippen LogP contribution in [0.3, 0.4) is 0 Å². The molecule has 0 atom stereocenters. The lowest BCUT2D eigenvalue weighted by Gasteiger charge is -2.37. The van der Waals surface area contributed by atoms with Crippen LogP contribution in [-0.2, 0) is 18.5 Å². The largest absolute Gasteiger partial charge is 0.333 e. The Labute approximate surface area is 181 Å². The molecule has 0 radical (unpaired) electrons. The van der Waals surface area contributed by atoms with Gasteiger partial charge >= 0.3 is 0 Å². The molecule has 1 saturated carbocycles. The number of carbonyl (C=O) groups excluding carboxylic acids is 1. The fourth-order valence-corrected chi connectivity index (χ4v) is 5.46. The predicted molar refractivity (Wildman–Crippen MR) is 119 cm³/mol. The van der Waals surface area contributed by atoms with Gasteiger partial charge in [0.15, 0.2) is 0 Å². The average molecular weight is 420 g/mol. The van der Waals surface area contributed by atoms with Crippen molar-refractivity contribution in [3.8, 4) is 0 Å². The summed E-state index contributed by atoms with van der Waals surface area (Å²) in [5, 5.41) is 1.12. The van der Waals surface area contributed by atoms with Crippen LogP contribution in [-0.4, -0.2) is 42.5 Å². The van der Waals surface area contributed by atoms with Crippen LogP contribution >= 0.6 is 0 Å². The summed E-state index contributed by atoms with van der Waals surface area (Å²) >= 11 is 0. The lowest BCUT2D eigenvalue weighted by Crippen LogP contribution is -2.48. The normalized spacial score (nSPS) is 18.2. The third-order valence-electron chi connectivity index (χ3n) is 7.12. The third kappa shape index (κ3) is 3.09. The molecule has 162 valence electrons. The zero-order valence-corrected chi connectivity index (χ0v) is 18.5. The number of nitrogens with zero attached hydrogens (tertiary/aromatic N) is 5. The van der Waals surface area contributed by atoms with Gasteiger partial charge in [0.2, 0.25) is 0 Å². The standard InChI is InChI=1S/C24H29N5O2/c1-16(2)27-13-14-28-19(26-22(30)17(3)20(28)23(27)31)15-24(9-4-5-10-24)29-12-8-18-7-6-11-25-21(18)29/h6-8,11-12,16H,4-5,9-10,13-15H2,1-3H3. The van der Waals surface area contributed by atoms with Gasteiger partial charge < -0.3 is 14.0 Å². The molecule has 31 heavy (non-hydrogen) atoms. The highest BCUT2D eigenvalue weighted by Gasteiger charge is 2.39. The highest BCUT2D eigenvalue weighted by Crippen LogP contribution is 2.41. The molecule has 0 saturated heterocycles. The fourth-order valence-electron chi connectivity index (χ4n) is 5.46. The molecular formula is C24H29N5O2. The minimum Gasteiger partial charge on any atom is -0.333 e. The Hall–Kier alpha value is -2.96. The Balaban J connectivity index is 1.63. The Morgan fingerprint density at radius 1 is 1.13 bits per heavy atom. The van der Waals surface area contributed by atoms with Crippen molar-refractivity contribution in [3.63, 3.8) is 0 Å². The molecule has 1 amide bonds. The average Bonchev–Trinajstić information content (AvgIpc) is 3.39. The molecule has 1 fully saturated rings. The van der Waals surface area contributed by atoms with E-state index >= 15 is 0 Å². The Morgan fingerprint density at radius 2 is 1.90 bits per heavy atom. The molecule has 7 heteroatoms. The second-order valence-electron chi connectivity index (χ2n) is 9.26. The molecule has 0 bridgehead atoms. The lowest BCUT2D eigenvalue weighted by atomic mass is 9.91. The van der Waals surface area contributed by atoms with Crippen LogP contribution in [0.5, 0.6) is 0 Å². The van der Waals surface area contributed by atoms with Crippen LogP contribution in [0.4, 0.5) is 0 Å². The van der Waals surface area contributed by atoms with Crippen LogP contribution in [0.2, 0.25) is 0 Å². The number of carbonyl (C=O) groups is 1. The van der Waals surface area contributed by atoms with Crippen LogP contribution in [0.15, 0.2) is 35.4 Å². The summed E-state index contributed by atoms with van der Waals surface area (Å²) in [5.41, 5.74) is 1.47. The van der Waals surface area contributed by atoms with E-state index in [2.05, 4.69) is 32.9 Å². The van der Waals surface area contributed by atoms with E-state index in [1.54, 1.807) is 6.92 Å². The molecule has 1 aliphatic heterocycles. The van der Waals surface area contributed by atoms with E-state index in [0.29, 0.717) is 30.8 Å². The molecule has 0 spiro atoms. The smallest absolute Gasteiger partial charge is 0.276 e. The molecule has 0 N–H and O–H groups in total. The molecule has 1 aliphatic carbocycles. The first-order chi connectivity index (χ1) is 14.9. The maximum Gasteiger partial charge on any atom is 0.276 e. The van der Waals surface area contributed by atoms with E-state index in [4.69, 9.17) is 0 Å². The van der Waals surface area contributed by atoms with Crippen molar-refractivity contribution in [2.24, 2.45) is 0 Å². The van der Waals surface area contributed by atoms with E-state index < -0.39 is 0 Å². The second-order valence-corrected chi connectivity index (χ2v) is 9.26. The summed E-state index contributed by atoms with van der Waals surface area (Å²) in [6.45, 7) is 7.06. The Kier molecular flexibility index (Phi) is 4.72. The molecule has 0 aromatic carbocycles. The van der Waals surface area contributed by atoms with E-state index in [9.17, 15) is 9.59 Å². The maximum absolute atomic E-state index is 13.2. The van der Waals surface area contributed by atoms with Gasteiger partial charge in [-0.3, -0.25) is 9.59 Å². The molecule has 0 unspecified atom stereocenters. The van der Waals surface area contributed by atoms with Crippen LogP contribution in [0.1, 0.15) is 61.4 Å². The van der Waals surface area contributed by atoms with Crippen molar-refractivity contribution in [1.82, 2.24) is 24.0 Å². The van der Waals surface area contributed by atoms with Gasteiger partial charge in [-0.1, -0.05) is 12.8 Å². The molecule has 3 aromatic heterocycles. The van der Waals surface area contributed by atoms with E-state index in [-0.39, 0.29) is 23.0 Å². The molecule has 7 nitrogen and oxygen atoms in total. The zero-order chi connectivity index (χ0) is 21.8. The summed E-state index contributed by atoms with van der Waals surface area (Å²) in [6.07, 6.45) is 8.88. The SMILES string of the molecule is Cc1c2n(c(CC3(n4ccc5cccnc54)CCCC3)nc1=O)CCN(C(C)C)C2=O. The van der Waals surface area contributed by atoms with E-state index in [1.807, 2.05) is 35.6 Å². The minimum absolute atomic E-state index is 0.0620. The van der Waals surface area contributed by atoms with Gasteiger partial charge in [0.1, 0.15) is 17.2 Å². The minimum atomic E-state index is -0.288. The lowest BCUT2D eigenvalue weighted by molar-refractivity contribution is 0.0640. The summed E-state index contributed by atoms with van der Waals surface area (Å²) in [6, 6.07) is 6.25. The van der Waals surface area contributed by atoms with Gasteiger partial charge in [-0.2, -0.15) is 4.98 Å². The second kappa shape index (κ2) is 7.32. The monoisotopic (exact) mass is 419 g/mol. The van der Waals surface area contributed by atoms with Gasteiger partial charge in [-0.25, -0.2) is 4.98 Å². The first kappa shape index (κ1) is 20.0. The van der Waals surface area contributed by atoms with Crippen LogP contribution in [0, 0.1) is 6.92 Å². The van der Waals surface area contributed by atoms with E-state index in [1.165, 1.54) is 0 Å². The van der Waals surface area contributed by atoms with Gasteiger partial charge in [0.25, 0.3) is 11.5 Å². The van der Waals surface area contributed by atoms with Crippen LogP contribution < -0.4 is 5.56 Å². The summed E-state index contributed by atoms with van der Waals surface area (Å²) < 4.78 is 4.30. The molecule has 3 aromatic rings. The fraction of sp³-hybridized carbons (Fsp3) is 0.500. The quantitative estimate of drug-likeness (QED) is 0.651. The van der Waals surface area contributed by atoms with Crippen molar-refractivity contribution in [1.29, 1.82) is 0 Å². The number of rotatable bonds is 4. The zero-order valence-electron chi connectivity index (χ0n) is 18.5. The number of fused-ring (bicyclic) bond motifs is 2. The first-order valence-corrected chi connectivity index (χ1v) is 11.3. The predicted octanol–water partition coefficient (Wildman–Crippen LogP) is 3.28. The molecule has 5 rings (SSSR count). The van der Waals surface area contributed by atoms with Crippen molar-refractivity contribution in [2.45, 2.75) is 71.0 Å². The van der Waals surface area contributed by atoms with Gasteiger partial charge in [0, 0.05) is 48.9 Å².